The lowest BCUT2D eigenvalue weighted by molar-refractivity contribution is -0.132. The summed E-state index contributed by atoms with van der Waals surface area (Å²) < 4.78 is 5.18. The Morgan fingerprint density at radius 2 is 2.18 bits per heavy atom. The molecule has 1 aromatic heterocycles. The van der Waals surface area contributed by atoms with E-state index in [0.717, 1.165) is 5.76 Å². The zero-order chi connectivity index (χ0) is 12.1. The number of carbonyl (C=O) groups is 1. The minimum absolute atomic E-state index is 0. The number of nitrogens with zero attached hydrogens (tertiary/aromatic N) is 1. The minimum atomic E-state index is -0.417. The van der Waals surface area contributed by atoms with Crippen molar-refractivity contribution in [1.82, 2.24) is 4.90 Å². The Morgan fingerprint density at radius 3 is 2.65 bits per heavy atom. The van der Waals surface area contributed by atoms with Crippen LogP contribution in [-0.2, 0) is 11.3 Å². The molecule has 5 heteroatoms. The van der Waals surface area contributed by atoms with E-state index in [-0.39, 0.29) is 18.3 Å². The molecule has 0 unspecified atom stereocenters. The highest BCUT2D eigenvalue weighted by Crippen LogP contribution is 2.08. The van der Waals surface area contributed by atoms with Crippen LogP contribution in [0, 0.1) is 5.92 Å². The Kier molecular flexibility index (Phi) is 6.92. The maximum atomic E-state index is 11.9. The molecule has 1 heterocycles. The van der Waals surface area contributed by atoms with Crippen molar-refractivity contribution in [3.8, 4) is 0 Å². The third kappa shape index (κ3) is 5.24. The summed E-state index contributed by atoms with van der Waals surface area (Å²) in [6.45, 7) is 4.58. The summed E-state index contributed by atoms with van der Waals surface area (Å²) in [5, 5.41) is 0. The van der Waals surface area contributed by atoms with Gasteiger partial charge in [-0.05, 0) is 24.5 Å². The number of hydrogen-bond donors (Lipinski definition) is 1. The van der Waals surface area contributed by atoms with Gasteiger partial charge in [0.25, 0.3) is 0 Å². The quantitative estimate of drug-likeness (QED) is 0.881. The van der Waals surface area contributed by atoms with Crippen molar-refractivity contribution < 1.29 is 9.21 Å². The SMILES string of the molecule is CC(C)C[C@H](N)C(=O)N(C)Cc1ccco1.Cl. The van der Waals surface area contributed by atoms with Crippen LogP contribution in [0.1, 0.15) is 26.0 Å². The Bertz CT molecular complexity index is 325. The highest BCUT2D eigenvalue weighted by atomic mass is 35.5. The van der Waals surface area contributed by atoms with Crippen molar-refractivity contribution in [1.29, 1.82) is 0 Å². The molecule has 0 radical (unpaired) electrons. The zero-order valence-electron chi connectivity index (χ0n) is 10.6. The summed E-state index contributed by atoms with van der Waals surface area (Å²) in [6, 6.07) is 3.24. The van der Waals surface area contributed by atoms with E-state index < -0.39 is 6.04 Å². The molecule has 0 aliphatic carbocycles. The first kappa shape index (κ1) is 16.0. The fourth-order valence-electron chi connectivity index (χ4n) is 1.61. The molecule has 0 aliphatic rings. The van der Waals surface area contributed by atoms with Crippen LogP contribution in [-0.4, -0.2) is 23.9 Å². The average Bonchev–Trinajstić information content (AvgIpc) is 2.68. The van der Waals surface area contributed by atoms with Gasteiger partial charge in [-0.15, -0.1) is 12.4 Å². The molecular formula is C12H21ClN2O2. The Labute approximate surface area is 109 Å². The predicted molar refractivity (Wildman–Crippen MR) is 69.9 cm³/mol. The number of furan rings is 1. The highest BCUT2D eigenvalue weighted by Gasteiger charge is 2.19. The number of carbonyl (C=O) groups excluding carboxylic acids is 1. The maximum Gasteiger partial charge on any atom is 0.239 e. The van der Waals surface area contributed by atoms with E-state index in [4.69, 9.17) is 10.2 Å². The molecule has 1 amide bonds. The number of likely N-dealkylation sites (N-methyl/N-ethyl adjacent to an activating group) is 1. The Hall–Kier alpha value is -1.00. The topological polar surface area (TPSA) is 59.5 Å². The van der Waals surface area contributed by atoms with Gasteiger partial charge >= 0.3 is 0 Å². The van der Waals surface area contributed by atoms with Crippen LogP contribution in [0.3, 0.4) is 0 Å². The van der Waals surface area contributed by atoms with Gasteiger partial charge in [0, 0.05) is 7.05 Å². The van der Waals surface area contributed by atoms with E-state index in [1.165, 1.54) is 0 Å². The molecule has 17 heavy (non-hydrogen) atoms. The lowest BCUT2D eigenvalue weighted by Gasteiger charge is -2.21. The first-order chi connectivity index (χ1) is 7.50. The molecule has 0 fully saturated rings. The molecule has 1 atom stereocenters. The molecule has 4 nitrogen and oxygen atoms in total. The molecular weight excluding hydrogens is 240 g/mol. The van der Waals surface area contributed by atoms with Crippen molar-refractivity contribution in [3.05, 3.63) is 24.2 Å². The summed E-state index contributed by atoms with van der Waals surface area (Å²) in [6.07, 6.45) is 2.31. The maximum absolute atomic E-state index is 11.9. The number of amides is 1. The second-order valence-electron chi connectivity index (χ2n) is 4.51. The van der Waals surface area contributed by atoms with Gasteiger partial charge in [0.05, 0.1) is 18.8 Å². The molecule has 0 aromatic carbocycles. The summed E-state index contributed by atoms with van der Waals surface area (Å²) in [5.74, 6) is 1.16. The van der Waals surface area contributed by atoms with E-state index >= 15 is 0 Å². The minimum Gasteiger partial charge on any atom is -0.467 e. The van der Waals surface area contributed by atoms with E-state index in [1.54, 1.807) is 18.2 Å². The van der Waals surface area contributed by atoms with Gasteiger partial charge in [-0.3, -0.25) is 4.79 Å². The van der Waals surface area contributed by atoms with Crippen LogP contribution < -0.4 is 5.73 Å². The molecule has 0 saturated carbocycles. The second-order valence-corrected chi connectivity index (χ2v) is 4.51. The molecule has 0 saturated heterocycles. The van der Waals surface area contributed by atoms with Crippen molar-refractivity contribution in [3.63, 3.8) is 0 Å². The summed E-state index contributed by atoms with van der Waals surface area (Å²) in [7, 11) is 1.74. The van der Waals surface area contributed by atoms with E-state index in [0.29, 0.717) is 18.9 Å². The first-order valence-corrected chi connectivity index (χ1v) is 5.53. The predicted octanol–water partition coefficient (Wildman–Crippen LogP) is 2.03. The van der Waals surface area contributed by atoms with E-state index in [1.807, 2.05) is 12.1 Å². The Morgan fingerprint density at radius 1 is 1.53 bits per heavy atom. The molecule has 0 spiro atoms. The van der Waals surface area contributed by atoms with Crippen LogP contribution in [0.4, 0.5) is 0 Å². The molecule has 0 aliphatic heterocycles. The van der Waals surface area contributed by atoms with E-state index in [9.17, 15) is 4.79 Å². The summed E-state index contributed by atoms with van der Waals surface area (Å²) in [5.41, 5.74) is 5.83. The van der Waals surface area contributed by atoms with Gasteiger partial charge in [-0.2, -0.15) is 0 Å². The number of rotatable bonds is 5. The van der Waals surface area contributed by atoms with Crippen LogP contribution in [0.2, 0.25) is 0 Å². The van der Waals surface area contributed by atoms with Crippen LogP contribution in [0.15, 0.2) is 22.8 Å². The Balaban J connectivity index is 0.00000256. The number of hydrogen-bond acceptors (Lipinski definition) is 3. The number of halogens is 1. The van der Waals surface area contributed by atoms with Crippen LogP contribution >= 0.6 is 12.4 Å². The molecule has 98 valence electrons. The van der Waals surface area contributed by atoms with Crippen molar-refractivity contribution in [2.75, 3.05) is 7.05 Å². The normalized spacial score (nSPS) is 12.1. The third-order valence-electron chi connectivity index (χ3n) is 2.39. The largest absolute Gasteiger partial charge is 0.467 e. The third-order valence-corrected chi connectivity index (χ3v) is 2.39. The monoisotopic (exact) mass is 260 g/mol. The van der Waals surface area contributed by atoms with Gasteiger partial charge in [-0.25, -0.2) is 0 Å². The van der Waals surface area contributed by atoms with Gasteiger partial charge in [-0.1, -0.05) is 13.8 Å². The number of nitrogens with two attached hydrogens (primary N) is 1. The average molecular weight is 261 g/mol. The van der Waals surface area contributed by atoms with Crippen LogP contribution in [0.5, 0.6) is 0 Å². The molecule has 2 N–H and O–H groups in total. The van der Waals surface area contributed by atoms with Gasteiger partial charge in [0.15, 0.2) is 0 Å². The smallest absolute Gasteiger partial charge is 0.239 e. The van der Waals surface area contributed by atoms with Gasteiger partial charge < -0.3 is 15.1 Å². The van der Waals surface area contributed by atoms with Crippen LogP contribution in [0.25, 0.3) is 0 Å². The standard InChI is InChI=1S/C12H20N2O2.ClH/c1-9(2)7-11(13)12(15)14(3)8-10-5-4-6-16-10;/h4-6,9,11H,7-8,13H2,1-3H3;1H/t11-;/m0./s1. The molecule has 0 bridgehead atoms. The lowest BCUT2D eigenvalue weighted by Crippen LogP contribution is -2.42. The lowest BCUT2D eigenvalue weighted by atomic mass is 10.0. The van der Waals surface area contributed by atoms with Crippen molar-refractivity contribution in [2.24, 2.45) is 11.7 Å². The fraction of sp³-hybridized carbons (Fsp3) is 0.583. The molecule has 1 aromatic rings. The van der Waals surface area contributed by atoms with E-state index in [2.05, 4.69) is 13.8 Å². The van der Waals surface area contributed by atoms with Gasteiger partial charge in [0.2, 0.25) is 5.91 Å². The highest BCUT2D eigenvalue weighted by molar-refractivity contribution is 5.85. The van der Waals surface area contributed by atoms with Crippen molar-refractivity contribution >= 4 is 18.3 Å². The molecule has 1 rings (SSSR count). The van der Waals surface area contributed by atoms with Gasteiger partial charge in [0.1, 0.15) is 5.76 Å². The first-order valence-electron chi connectivity index (χ1n) is 5.53. The fourth-order valence-corrected chi connectivity index (χ4v) is 1.61. The summed E-state index contributed by atoms with van der Waals surface area (Å²) >= 11 is 0. The second kappa shape index (κ2) is 7.35. The summed E-state index contributed by atoms with van der Waals surface area (Å²) in [4.78, 5) is 13.5. The van der Waals surface area contributed by atoms with Crippen molar-refractivity contribution in [2.45, 2.75) is 32.9 Å². The zero-order valence-corrected chi connectivity index (χ0v) is 11.4.